The van der Waals surface area contributed by atoms with Crippen molar-refractivity contribution in [3.63, 3.8) is 0 Å². The molecule has 0 spiro atoms. The van der Waals surface area contributed by atoms with Gasteiger partial charge in [-0.1, -0.05) is 0 Å². The molecule has 0 fully saturated rings. The first-order valence-corrected chi connectivity index (χ1v) is 3.91. The molecule has 0 radical (unpaired) electrons. The zero-order valence-corrected chi connectivity index (χ0v) is 6.06. The molecule has 2 nitrogen and oxygen atoms in total. The summed E-state index contributed by atoms with van der Waals surface area (Å²) in [6.07, 6.45) is 5.14. The van der Waals surface area contributed by atoms with Gasteiger partial charge < -0.3 is 0 Å². The first-order valence-electron chi connectivity index (χ1n) is 3.91. The maximum atomic E-state index is 4.88. The zero-order valence-electron chi connectivity index (χ0n) is 6.06. The molecule has 10 heavy (non-hydrogen) atoms. The first kappa shape index (κ1) is 6.38. The van der Waals surface area contributed by atoms with E-state index in [4.69, 9.17) is 9.78 Å². The highest BCUT2D eigenvalue weighted by atomic mass is 17.2. The molecule has 0 amide bonds. The van der Waals surface area contributed by atoms with Crippen molar-refractivity contribution < 1.29 is 9.78 Å². The minimum Gasteiger partial charge on any atom is -0.232 e. The lowest BCUT2D eigenvalue weighted by atomic mass is 9.92. The average molecular weight is 140 g/mol. The van der Waals surface area contributed by atoms with E-state index in [0.29, 0.717) is 0 Å². The summed E-state index contributed by atoms with van der Waals surface area (Å²) in [5.74, 6) is 0. The van der Waals surface area contributed by atoms with Gasteiger partial charge in [-0.15, -0.1) is 0 Å². The van der Waals surface area contributed by atoms with Gasteiger partial charge in [0.25, 0.3) is 0 Å². The SMILES string of the molecule is C1CCC2=C(C1)COOC2. The largest absolute Gasteiger partial charge is 0.232 e. The predicted molar refractivity (Wildman–Crippen MR) is 37.4 cm³/mol. The molecule has 0 saturated heterocycles. The number of hydrogen-bond acceptors (Lipinski definition) is 2. The normalized spacial score (nSPS) is 26.4. The second kappa shape index (κ2) is 2.72. The first-order chi connectivity index (χ1) is 4.97. The molecule has 2 rings (SSSR count). The van der Waals surface area contributed by atoms with Crippen molar-refractivity contribution in [1.82, 2.24) is 0 Å². The van der Waals surface area contributed by atoms with Crippen molar-refractivity contribution >= 4 is 0 Å². The van der Waals surface area contributed by atoms with Crippen LogP contribution in [0.2, 0.25) is 0 Å². The lowest BCUT2D eigenvalue weighted by molar-refractivity contribution is -0.290. The van der Waals surface area contributed by atoms with Gasteiger partial charge in [-0.2, -0.15) is 0 Å². The van der Waals surface area contributed by atoms with Gasteiger partial charge in [0, 0.05) is 0 Å². The topological polar surface area (TPSA) is 18.5 Å². The summed E-state index contributed by atoms with van der Waals surface area (Å²) < 4.78 is 0. The van der Waals surface area contributed by atoms with Crippen LogP contribution < -0.4 is 0 Å². The maximum absolute atomic E-state index is 4.88. The van der Waals surface area contributed by atoms with Crippen LogP contribution in [0.1, 0.15) is 25.7 Å². The van der Waals surface area contributed by atoms with Crippen LogP contribution in [0.3, 0.4) is 0 Å². The maximum Gasteiger partial charge on any atom is 0.104 e. The smallest absolute Gasteiger partial charge is 0.104 e. The van der Waals surface area contributed by atoms with Crippen LogP contribution in [-0.4, -0.2) is 13.2 Å². The Labute approximate surface area is 60.7 Å². The van der Waals surface area contributed by atoms with Crippen molar-refractivity contribution in [3.8, 4) is 0 Å². The van der Waals surface area contributed by atoms with Crippen molar-refractivity contribution in [1.29, 1.82) is 0 Å². The molecule has 0 aromatic heterocycles. The van der Waals surface area contributed by atoms with E-state index in [1.165, 1.54) is 36.8 Å². The van der Waals surface area contributed by atoms with E-state index in [9.17, 15) is 0 Å². The molecule has 0 aromatic carbocycles. The number of rotatable bonds is 0. The third-order valence-corrected chi connectivity index (χ3v) is 2.26. The van der Waals surface area contributed by atoms with Crippen LogP contribution in [0.5, 0.6) is 0 Å². The third kappa shape index (κ3) is 1.09. The van der Waals surface area contributed by atoms with E-state index in [0.717, 1.165) is 13.2 Å². The van der Waals surface area contributed by atoms with Crippen molar-refractivity contribution in [2.24, 2.45) is 0 Å². The lowest BCUT2D eigenvalue weighted by Crippen LogP contribution is -2.16. The van der Waals surface area contributed by atoms with Crippen LogP contribution in [0.15, 0.2) is 11.1 Å². The molecule has 2 heteroatoms. The van der Waals surface area contributed by atoms with Gasteiger partial charge in [-0.05, 0) is 36.8 Å². The Kier molecular flexibility index (Phi) is 1.74. The Bertz CT molecular complexity index is 127. The Morgan fingerprint density at radius 3 is 1.80 bits per heavy atom. The van der Waals surface area contributed by atoms with Gasteiger partial charge in [-0.25, -0.2) is 9.78 Å². The van der Waals surface area contributed by atoms with Gasteiger partial charge in [0.05, 0.1) is 0 Å². The summed E-state index contributed by atoms with van der Waals surface area (Å²) in [5.41, 5.74) is 3.00. The standard InChI is InChI=1S/C8H12O2/c1-2-4-8-6-10-9-5-7(8)3-1/h1-6H2. The summed E-state index contributed by atoms with van der Waals surface area (Å²) >= 11 is 0. The van der Waals surface area contributed by atoms with Crippen LogP contribution >= 0.6 is 0 Å². The predicted octanol–water partition coefficient (Wildman–Crippen LogP) is 1.82. The van der Waals surface area contributed by atoms with E-state index in [2.05, 4.69) is 0 Å². The Hall–Kier alpha value is -0.340. The van der Waals surface area contributed by atoms with Gasteiger partial charge >= 0.3 is 0 Å². The fourth-order valence-corrected chi connectivity index (χ4v) is 1.60. The van der Waals surface area contributed by atoms with Crippen LogP contribution in [0, 0.1) is 0 Å². The number of hydrogen-bond donors (Lipinski definition) is 0. The summed E-state index contributed by atoms with van der Waals surface area (Å²) in [7, 11) is 0. The van der Waals surface area contributed by atoms with Crippen molar-refractivity contribution in [2.45, 2.75) is 25.7 Å². The van der Waals surface area contributed by atoms with Gasteiger partial charge in [-0.3, -0.25) is 0 Å². The monoisotopic (exact) mass is 140 g/mol. The van der Waals surface area contributed by atoms with Crippen molar-refractivity contribution in [3.05, 3.63) is 11.1 Å². The minimum atomic E-state index is 0.718. The van der Waals surface area contributed by atoms with E-state index < -0.39 is 0 Å². The molecule has 1 aliphatic heterocycles. The Balaban J connectivity index is 2.14. The second-order valence-corrected chi connectivity index (χ2v) is 2.94. The summed E-state index contributed by atoms with van der Waals surface area (Å²) in [6, 6.07) is 0. The molecule has 0 unspecified atom stereocenters. The van der Waals surface area contributed by atoms with Gasteiger partial charge in [0.1, 0.15) is 13.2 Å². The fraction of sp³-hybridized carbons (Fsp3) is 0.750. The lowest BCUT2D eigenvalue weighted by Gasteiger charge is -2.23. The Morgan fingerprint density at radius 2 is 1.30 bits per heavy atom. The minimum absolute atomic E-state index is 0.718. The average Bonchev–Trinajstić information content (AvgIpc) is 2.05. The van der Waals surface area contributed by atoms with Crippen LogP contribution in [-0.2, 0) is 9.78 Å². The molecule has 1 heterocycles. The highest BCUT2D eigenvalue weighted by Gasteiger charge is 2.16. The fourth-order valence-electron chi connectivity index (χ4n) is 1.60. The molecule has 0 aromatic rings. The molecule has 0 atom stereocenters. The molecular formula is C8H12O2. The molecule has 2 aliphatic rings. The molecule has 0 N–H and O–H groups in total. The highest BCUT2D eigenvalue weighted by molar-refractivity contribution is 5.18. The second-order valence-electron chi connectivity index (χ2n) is 2.94. The summed E-state index contributed by atoms with van der Waals surface area (Å²) in [6.45, 7) is 1.44. The third-order valence-electron chi connectivity index (χ3n) is 2.26. The Morgan fingerprint density at radius 1 is 0.800 bits per heavy atom. The molecule has 0 saturated carbocycles. The van der Waals surface area contributed by atoms with Gasteiger partial charge in [0.2, 0.25) is 0 Å². The summed E-state index contributed by atoms with van der Waals surface area (Å²) in [5, 5.41) is 0. The molecule has 56 valence electrons. The molecular weight excluding hydrogens is 128 g/mol. The van der Waals surface area contributed by atoms with Gasteiger partial charge in [0.15, 0.2) is 0 Å². The van der Waals surface area contributed by atoms with Crippen molar-refractivity contribution in [2.75, 3.05) is 13.2 Å². The van der Waals surface area contributed by atoms with Crippen LogP contribution in [0.25, 0.3) is 0 Å². The molecule has 1 aliphatic carbocycles. The molecule has 0 bridgehead atoms. The summed E-state index contributed by atoms with van der Waals surface area (Å²) in [4.78, 5) is 9.76. The van der Waals surface area contributed by atoms with Crippen LogP contribution in [0.4, 0.5) is 0 Å². The van der Waals surface area contributed by atoms with E-state index in [1.807, 2.05) is 0 Å². The van der Waals surface area contributed by atoms with E-state index >= 15 is 0 Å². The quantitative estimate of drug-likeness (QED) is 0.377. The zero-order chi connectivity index (χ0) is 6.81. The van der Waals surface area contributed by atoms with E-state index in [1.54, 1.807) is 0 Å². The van der Waals surface area contributed by atoms with E-state index in [-0.39, 0.29) is 0 Å². The highest BCUT2D eigenvalue weighted by Crippen LogP contribution is 2.27.